The number of carbonyl (C=O) groups excluding carboxylic acids is 1. The lowest BCUT2D eigenvalue weighted by molar-refractivity contribution is -0.125. The number of benzene rings is 1. The van der Waals surface area contributed by atoms with Crippen LogP contribution in [-0.2, 0) is 14.8 Å². The van der Waals surface area contributed by atoms with Crippen LogP contribution in [0, 0.1) is 11.7 Å². The summed E-state index contributed by atoms with van der Waals surface area (Å²) in [5, 5.41) is 2.62. The molecular weight excluding hydrogens is 363 g/mol. The highest BCUT2D eigenvalue weighted by atomic mass is 35.5. The van der Waals surface area contributed by atoms with Gasteiger partial charge in [0.1, 0.15) is 10.7 Å². The Morgan fingerprint density at radius 2 is 2.04 bits per heavy atom. The number of piperidine rings is 1. The molecular formula is C14H18ClFN2O3S2. The van der Waals surface area contributed by atoms with E-state index in [1.807, 2.05) is 0 Å². The summed E-state index contributed by atoms with van der Waals surface area (Å²) < 4.78 is 39.5. The number of halogens is 2. The predicted octanol–water partition coefficient (Wildman–Crippen LogP) is 1.93. The molecule has 0 aliphatic carbocycles. The molecule has 0 unspecified atom stereocenters. The summed E-state index contributed by atoms with van der Waals surface area (Å²) >= 11 is 9.88. The van der Waals surface area contributed by atoms with Gasteiger partial charge in [-0.15, -0.1) is 0 Å². The van der Waals surface area contributed by atoms with Crippen LogP contribution in [0.15, 0.2) is 23.1 Å². The van der Waals surface area contributed by atoms with E-state index < -0.39 is 15.8 Å². The molecule has 1 saturated heterocycles. The number of nitrogens with zero attached hydrogens (tertiary/aromatic N) is 1. The normalized spacial score (nSPS) is 17.2. The standard InChI is InChI=1S/C14H18ClFN2O3S2/c15-12-9-11(16)1-2-13(12)23(20,21)18-6-3-10(4-7-18)14(19)17-5-8-22/h1-2,9-10,22H,3-8H2,(H,17,19). The van der Waals surface area contributed by atoms with E-state index in [0.29, 0.717) is 25.1 Å². The number of carbonyl (C=O) groups is 1. The molecule has 0 aromatic heterocycles. The van der Waals surface area contributed by atoms with Gasteiger partial charge in [-0.05, 0) is 31.0 Å². The second-order valence-corrected chi connectivity index (χ2v) is 8.03. The lowest BCUT2D eigenvalue weighted by atomic mass is 9.97. The highest BCUT2D eigenvalue weighted by Gasteiger charge is 2.33. The Hall–Kier alpha value is -0.830. The first-order valence-electron chi connectivity index (χ1n) is 7.20. The Balaban J connectivity index is 2.05. The van der Waals surface area contributed by atoms with Crippen LogP contribution in [0.2, 0.25) is 5.02 Å². The van der Waals surface area contributed by atoms with Crippen molar-refractivity contribution in [3.63, 3.8) is 0 Å². The minimum Gasteiger partial charge on any atom is -0.355 e. The summed E-state index contributed by atoms with van der Waals surface area (Å²) in [5.41, 5.74) is 0. The first kappa shape index (κ1) is 18.5. The minimum atomic E-state index is -3.78. The molecule has 0 atom stereocenters. The third kappa shape index (κ3) is 4.37. The maximum Gasteiger partial charge on any atom is 0.244 e. The van der Waals surface area contributed by atoms with Crippen molar-refractivity contribution in [3.05, 3.63) is 29.0 Å². The number of thiol groups is 1. The van der Waals surface area contributed by atoms with E-state index in [0.717, 1.165) is 12.1 Å². The molecule has 23 heavy (non-hydrogen) atoms. The van der Waals surface area contributed by atoms with Crippen LogP contribution in [-0.4, -0.2) is 44.0 Å². The third-order valence-corrected chi connectivity index (χ3v) is 6.35. The molecule has 1 aromatic carbocycles. The van der Waals surface area contributed by atoms with Gasteiger partial charge in [0, 0.05) is 31.3 Å². The maximum atomic E-state index is 13.1. The van der Waals surface area contributed by atoms with Gasteiger partial charge in [0.05, 0.1) is 5.02 Å². The molecule has 0 bridgehead atoms. The molecule has 1 amide bonds. The number of amides is 1. The molecule has 0 spiro atoms. The Morgan fingerprint density at radius 3 is 2.61 bits per heavy atom. The van der Waals surface area contributed by atoms with Crippen molar-refractivity contribution in [2.45, 2.75) is 17.7 Å². The summed E-state index contributed by atoms with van der Waals surface area (Å²) in [5.74, 6) is -0.309. The van der Waals surface area contributed by atoms with Crippen LogP contribution < -0.4 is 5.32 Å². The molecule has 1 aliphatic heterocycles. The number of hydrogen-bond acceptors (Lipinski definition) is 4. The number of sulfonamides is 1. The summed E-state index contributed by atoms with van der Waals surface area (Å²) in [6, 6.07) is 3.21. The highest BCUT2D eigenvalue weighted by Crippen LogP contribution is 2.28. The topological polar surface area (TPSA) is 66.5 Å². The molecule has 1 aromatic rings. The Bertz CT molecular complexity index is 677. The molecule has 0 radical (unpaired) electrons. The van der Waals surface area contributed by atoms with Gasteiger partial charge in [-0.3, -0.25) is 4.79 Å². The van der Waals surface area contributed by atoms with Crippen LogP contribution >= 0.6 is 24.2 Å². The average molecular weight is 381 g/mol. The fourth-order valence-corrected chi connectivity index (χ4v) is 4.59. The highest BCUT2D eigenvalue weighted by molar-refractivity contribution is 7.89. The summed E-state index contributed by atoms with van der Waals surface area (Å²) in [4.78, 5) is 11.8. The van der Waals surface area contributed by atoms with Crippen LogP contribution in [0.4, 0.5) is 4.39 Å². The zero-order valence-corrected chi connectivity index (χ0v) is 14.8. The predicted molar refractivity (Wildman–Crippen MR) is 89.8 cm³/mol. The zero-order chi connectivity index (χ0) is 17.0. The zero-order valence-electron chi connectivity index (χ0n) is 12.3. The number of hydrogen-bond donors (Lipinski definition) is 2. The smallest absolute Gasteiger partial charge is 0.244 e. The fourth-order valence-electron chi connectivity index (χ4n) is 2.51. The molecule has 1 N–H and O–H groups in total. The Morgan fingerprint density at radius 1 is 1.39 bits per heavy atom. The van der Waals surface area contributed by atoms with Gasteiger partial charge in [0.15, 0.2) is 0 Å². The monoisotopic (exact) mass is 380 g/mol. The van der Waals surface area contributed by atoms with Crippen molar-refractivity contribution in [2.75, 3.05) is 25.4 Å². The quantitative estimate of drug-likeness (QED) is 0.767. The lowest BCUT2D eigenvalue weighted by Gasteiger charge is -2.30. The van der Waals surface area contributed by atoms with E-state index in [2.05, 4.69) is 17.9 Å². The Kier molecular flexibility index (Phi) is 6.30. The van der Waals surface area contributed by atoms with Crippen molar-refractivity contribution in [1.82, 2.24) is 9.62 Å². The van der Waals surface area contributed by atoms with E-state index in [9.17, 15) is 17.6 Å². The summed E-state index contributed by atoms with van der Waals surface area (Å²) in [6.07, 6.45) is 0.882. The van der Waals surface area contributed by atoms with Crippen molar-refractivity contribution in [2.24, 2.45) is 5.92 Å². The van der Waals surface area contributed by atoms with Gasteiger partial charge in [0.2, 0.25) is 15.9 Å². The van der Waals surface area contributed by atoms with Crippen LogP contribution in [0.1, 0.15) is 12.8 Å². The molecule has 5 nitrogen and oxygen atoms in total. The Labute approximate surface area is 145 Å². The van der Waals surface area contributed by atoms with Gasteiger partial charge in [-0.1, -0.05) is 11.6 Å². The van der Waals surface area contributed by atoms with E-state index in [-0.39, 0.29) is 34.8 Å². The minimum absolute atomic E-state index is 0.0732. The largest absolute Gasteiger partial charge is 0.355 e. The molecule has 128 valence electrons. The van der Waals surface area contributed by atoms with E-state index in [1.54, 1.807) is 0 Å². The number of rotatable bonds is 5. The van der Waals surface area contributed by atoms with Crippen LogP contribution in [0.3, 0.4) is 0 Å². The van der Waals surface area contributed by atoms with Crippen molar-refractivity contribution < 1.29 is 17.6 Å². The van der Waals surface area contributed by atoms with Gasteiger partial charge in [-0.2, -0.15) is 16.9 Å². The second-order valence-electron chi connectivity index (χ2n) is 5.27. The van der Waals surface area contributed by atoms with Gasteiger partial charge in [0.25, 0.3) is 0 Å². The van der Waals surface area contributed by atoms with Gasteiger partial charge >= 0.3 is 0 Å². The third-order valence-electron chi connectivity index (χ3n) is 3.75. The van der Waals surface area contributed by atoms with Gasteiger partial charge < -0.3 is 5.32 Å². The lowest BCUT2D eigenvalue weighted by Crippen LogP contribution is -2.43. The SMILES string of the molecule is O=C(NCCS)C1CCN(S(=O)(=O)c2ccc(F)cc2Cl)CC1. The van der Waals surface area contributed by atoms with Crippen LogP contribution in [0.25, 0.3) is 0 Å². The molecule has 1 aliphatic rings. The second kappa shape index (κ2) is 7.83. The van der Waals surface area contributed by atoms with Crippen molar-refractivity contribution in [3.8, 4) is 0 Å². The van der Waals surface area contributed by atoms with E-state index >= 15 is 0 Å². The molecule has 9 heteroatoms. The first-order chi connectivity index (χ1) is 10.9. The average Bonchev–Trinajstić information content (AvgIpc) is 2.52. The molecule has 2 rings (SSSR count). The summed E-state index contributed by atoms with van der Waals surface area (Å²) in [7, 11) is -3.78. The number of nitrogens with one attached hydrogen (secondary N) is 1. The fraction of sp³-hybridized carbons (Fsp3) is 0.500. The molecule has 1 heterocycles. The van der Waals surface area contributed by atoms with Crippen molar-refractivity contribution in [1.29, 1.82) is 0 Å². The van der Waals surface area contributed by atoms with E-state index in [4.69, 9.17) is 11.6 Å². The summed E-state index contributed by atoms with van der Waals surface area (Å²) in [6.45, 7) is 0.954. The van der Waals surface area contributed by atoms with E-state index in [1.165, 1.54) is 10.4 Å². The molecule has 1 fully saturated rings. The maximum absolute atomic E-state index is 13.1. The van der Waals surface area contributed by atoms with Crippen molar-refractivity contribution >= 4 is 40.2 Å². The molecule has 0 saturated carbocycles. The first-order valence-corrected chi connectivity index (χ1v) is 9.65. The van der Waals surface area contributed by atoms with Gasteiger partial charge in [-0.25, -0.2) is 12.8 Å². The van der Waals surface area contributed by atoms with Crippen LogP contribution in [0.5, 0.6) is 0 Å².